The first-order chi connectivity index (χ1) is 11.0. The van der Waals surface area contributed by atoms with Crippen LogP contribution in [-0.4, -0.2) is 35.7 Å². The molecule has 0 aliphatic carbocycles. The zero-order valence-electron chi connectivity index (χ0n) is 13.8. The van der Waals surface area contributed by atoms with Crippen LogP contribution >= 0.6 is 22.7 Å². The van der Waals surface area contributed by atoms with E-state index in [1.165, 1.54) is 4.88 Å². The van der Waals surface area contributed by atoms with E-state index >= 15 is 0 Å². The number of nitrogens with zero attached hydrogens (tertiary/aromatic N) is 2. The average molecular weight is 353 g/mol. The van der Waals surface area contributed by atoms with E-state index in [0.717, 1.165) is 36.0 Å². The van der Waals surface area contributed by atoms with Crippen molar-refractivity contribution in [2.75, 3.05) is 19.6 Å². The Morgan fingerprint density at radius 1 is 1.43 bits per heavy atom. The Kier molecular flexibility index (Phi) is 6.56. The Morgan fingerprint density at radius 3 is 2.87 bits per heavy atom. The molecule has 2 aromatic heterocycles. The maximum Gasteiger partial charge on any atom is 0.191 e. The van der Waals surface area contributed by atoms with E-state index < -0.39 is 5.60 Å². The highest BCUT2D eigenvalue weighted by molar-refractivity contribution is 7.11. The lowest BCUT2D eigenvalue weighted by molar-refractivity contribution is 0.0677. The number of hydrogen-bond acceptors (Lipinski definition) is 5. The van der Waals surface area contributed by atoms with Crippen molar-refractivity contribution in [3.05, 3.63) is 38.5 Å². The molecule has 0 saturated carbocycles. The number of aryl methyl sites for hydroxylation is 1. The summed E-state index contributed by atoms with van der Waals surface area (Å²) in [6, 6.07) is 1.94. The summed E-state index contributed by atoms with van der Waals surface area (Å²) in [5, 5.41) is 22.1. The van der Waals surface area contributed by atoms with E-state index in [-0.39, 0.29) is 0 Å². The van der Waals surface area contributed by atoms with Gasteiger partial charge in [0, 0.05) is 30.6 Å². The molecule has 23 heavy (non-hydrogen) atoms. The summed E-state index contributed by atoms with van der Waals surface area (Å²) >= 11 is 3.30. The summed E-state index contributed by atoms with van der Waals surface area (Å²) in [5.41, 5.74) is -0.0465. The van der Waals surface area contributed by atoms with Crippen molar-refractivity contribution in [3.63, 3.8) is 0 Å². The number of nitrogens with one attached hydrogen (secondary N) is 2. The molecule has 0 amide bonds. The van der Waals surface area contributed by atoms with Crippen molar-refractivity contribution in [1.82, 2.24) is 15.6 Å². The number of guanidine groups is 1. The van der Waals surface area contributed by atoms with Gasteiger partial charge in [-0.1, -0.05) is 0 Å². The molecule has 0 radical (unpaired) electrons. The molecule has 0 aliphatic heterocycles. The molecule has 7 heteroatoms. The molecule has 2 heterocycles. The van der Waals surface area contributed by atoms with Crippen LogP contribution in [0.1, 0.15) is 29.3 Å². The third-order valence-corrected chi connectivity index (χ3v) is 4.99. The molecule has 0 aliphatic rings. The molecule has 5 nitrogen and oxygen atoms in total. The molecule has 0 bridgehead atoms. The van der Waals surface area contributed by atoms with Crippen LogP contribution in [0.5, 0.6) is 0 Å². The van der Waals surface area contributed by atoms with Crippen LogP contribution in [-0.2, 0) is 12.0 Å². The summed E-state index contributed by atoms with van der Waals surface area (Å²) in [6.45, 7) is 7.74. The SMILES string of the molecule is CCNC(=NCC(C)(O)c1ccsc1)NCCc1ncc(C)s1. The van der Waals surface area contributed by atoms with Crippen molar-refractivity contribution in [3.8, 4) is 0 Å². The maximum atomic E-state index is 10.5. The number of aliphatic imine (C=N–C) groups is 1. The van der Waals surface area contributed by atoms with Crippen molar-refractivity contribution in [2.24, 2.45) is 4.99 Å². The van der Waals surface area contributed by atoms with E-state index in [1.807, 2.05) is 29.9 Å². The predicted molar refractivity (Wildman–Crippen MR) is 98.4 cm³/mol. The topological polar surface area (TPSA) is 69.5 Å². The second-order valence-corrected chi connectivity index (χ2v) is 7.62. The molecule has 0 spiro atoms. The van der Waals surface area contributed by atoms with E-state index in [9.17, 15) is 5.11 Å². The van der Waals surface area contributed by atoms with Gasteiger partial charge < -0.3 is 15.7 Å². The monoisotopic (exact) mass is 352 g/mol. The highest BCUT2D eigenvalue weighted by atomic mass is 32.1. The Balaban J connectivity index is 1.89. The first kappa shape index (κ1) is 17.9. The molecule has 0 saturated heterocycles. The van der Waals surface area contributed by atoms with E-state index in [2.05, 4.69) is 27.5 Å². The quantitative estimate of drug-likeness (QED) is 0.529. The Morgan fingerprint density at radius 2 is 2.26 bits per heavy atom. The molecule has 0 aromatic carbocycles. The van der Waals surface area contributed by atoms with E-state index in [4.69, 9.17) is 0 Å². The molecule has 1 unspecified atom stereocenters. The van der Waals surface area contributed by atoms with Crippen LogP contribution in [0, 0.1) is 6.92 Å². The zero-order valence-corrected chi connectivity index (χ0v) is 15.4. The van der Waals surface area contributed by atoms with Gasteiger partial charge in [0.15, 0.2) is 5.96 Å². The van der Waals surface area contributed by atoms with Crippen LogP contribution in [0.25, 0.3) is 0 Å². The summed E-state index contributed by atoms with van der Waals surface area (Å²) in [5.74, 6) is 0.719. The maximum absolute atomic E-state index is 10.5. The van der Waals surface area contributed by atoms with Gasteiger partial charge >= 0.3 is 0 Å². The minimum absolute atomic E-state index is 0.315. The number of thiazole rings is 1. The van der Waals surface area contributed by atoms with Crippen LogP contribution in [0.3, 0.4) is 0 Å². The molecule has 126 valence electrons. The molecular weight excluding hydrogens is 328 g/mol. The number of rotatable bonds is 7. The fourth-order valence-electron chi connectivity index (χ4n) is 2.04. The lowest BCUT2D eigenvalue weighted by Crippen LogP contribution is -2.39. The molecule has 0 fully saturated rings. The molecule has 1 atom stereocenters. The van der Waals surface area contributed by atoms with Crippen molar-refractivity contribution >= 4 is 28.6 Å². The van der Waals surface area contributed by atoms with Crippen molar-refractivity contribution < 1.29 is 5.11 Å². The summed E-state index contributed by atoms with van der Waals surface area (Å²) < 4.78 is 0. The molecular formula is C16H24N4OS2. The van der Waals surface area contributed by atoms with Gasteiger partial charge in [0.05, 0.1) is 11.6 Å². The summed E-state index contributed by atoms with van der Waals surface area (Å²) in [7, 11) is 0. The Labute approximate surface area is 145 Å². The fourth-order valence-corrected chi connectivity index (χ4v) is 3.61. The van der Waals surface area contributed by atoms with Gasteiger partial charge in [-0.25, -0.2) is 9.98 Å². The van der Waals surface area contributed by atoms with E-state index in [0.29, 0.717) is 6.54 Å². The summed E-state index contributed by atoms with van der Waals surface area (Å²) in [6.07, 6.45) is 2.77. The van der Waals surface area contributed by atoms with Crippen LogP contribution in [0.2, 0.25) is 0 Å². The van der Waals surface area contributed by atoms with Gasteiger partial charge in [-0.15, -0.1) is 11.3 Å². The van der Waals surface area contributed by atoms with Gasteiger partial charge in [0.2, 0.25) is 0 Å². The normalized spacial score (nSPS) is 14.5. The first-order valence-corrected chi connectivity index (χ1v) is 9.45. The van der Waals surface area contributed by atoms with Crippen molar-refractivity contribution in [1.29, 1.82) is 0 Å². The Hall–Kier alpha value is -1.44. The number of hydrogen-bond donors (Lipinski definition) is 3. The highest BCUT2D eigenvalue weighted by Crippen LogP contribution is 2.23. The second kappa shape index (κ2) is 8.42. The lowest BCUT2D eigenvalue weighted by atomic mass is 10.00. The van der Waals surface area contributed by atoms with Crippen molar-refractivity contribution in [2.45, 2.75) is 32.8 Å². The van der Waals surface area contributed by atoms with Gasteiger partial charge in [-0.05, 0) is 43.2 Å². The van der Waals surface area contributed by atoms with Crippen LogP contribution < -0.4 is 10.6 Å². The smallest absolute Gasteiger partial charge is 0.191 e. The molecule has 2 rings (SSSR count). The molecule has 2 aromatic rings. The minimum atomic E-state index is -0.950. The summed E-state index contributed by atoms with van der Waals surface area (Å²) in [4.78, 5) is 10.1. The lowest BCUT2D eigenvalue weighted by Gasteiger charge is -2.21. The third-order valence-electron chi connectivity index (χ3n) is 3.33. The number of aromatic nitrogens is 1. The van der Waals surface area contributed by atoms with E-state index in [1.54, 1.807) is 29.6 Å². The number of aliphatic hydroxyl groups is 1. The van der Waals surface area contributed by atoms with Crippen LogP contribution in [0.4, 0.5) is 0 Å². The largest absolute Gasteiger partial charge is 0.383 e. The highest BCUT2D eigenvalue weighted by Gasteiger charge is 2.23. The van der Waals surface area contributed by atoms with Gasteiger partial charge in [0.25, 0.3) is 0 Å². The van der Waals surface area contributed by atoms with Gasteiger partial charge in [-0.2, -0.15) is 11.3 Å². The predicted octanol–water partition coefficient (Wildman–Crippen LogP) is 2.52. The third kappa shape index (κ3) is 5.60. The molecule has 3 N–H and O–H groups in total. The fraction of sp³-hybridized carbons (Fsp3) is 0.500. The first-order valence-electron chi connectivity index (χ1n) is 7.70. The Bertz CT molecular complexity index is 620. The van der Waals surface area contributed by atoms with Crippen LogP contribution in [0.15, 0.2) is 28.0 Å². The minimum Gasteiger partial charge on any atom is -0.383 e. The van der Waals surface area contributed by atoms with Gasteiger partial charge in [-0.3, -0.25) is 0 Å². The average Bonchev–Trinajstić information content (AvgIpc) is 3.17. The van der Waals surface area contributed by atoms with Gasteiger partial charge in [0.1, 0.15) is 5.60 Å². The standard InChI is InChI=1S/C16H24N4OS2/c1-4-17-15(18-7-5-14-19-9-12(2)23-14)20-11-16(3,21)13-6-8-22-10-13/h6,8-10,21H,4-5,7,11H2,1-3H3,(H2,17,18,20). The number of thiophene rings is 1. The second-order valence-electron chi connectivity index (χ2n) is 5.52. The zero-order chi connectivity index (χ0) is 16.7.